The van der Waals surface area contributed by atoms with Crippen LogP contribution in [0.15, 0.2) is 24.3 Å². The number of hydrogen-bond donors (Lipinski definition) is 2. The fraction of sp³-hybridized carbons (Fsp3) is 0.278. The maximum atomic E-state index is 14.0. The molecule has 0 spiro atoms. The van der Waals surface area contributed by atoms with E-state index in [-0.39, 0.29) is 28.4 Å². The number of anilines is 2. The van der Waals surface area contributed by atoms with Gasteiger partial charge in [-0.05, 0) is 39.8 Å². The molecule has 0 fully saturated rings. The highest BCUT2D eigenvalue weighted by Gasteiger charge is 2.24. The number of rotatable bonds is 3. The number of nitrogen functional groups attached to an aromatic ring is 2. The Morgan fingerprint density at radius 3 is 2.28 bits per heavy atom. The summed E-state index contributed by atoms with van der Waals surface area (Å²) in [6.07, 6.45) is 0. The second kappa shape index (κ2) is 6.58. The molecule has 0 aliphatic rings. The summed E-state index contributed by atoms with van der Waals surface area (Å²) in [4.78, 5) is 12.4. The molecule has 0 unspecified atom stereocenters. The van der Waals surface area contributed by atoms with Gasteiger partial charge in [-0.2, -0.15) is 0 Å². The fourth-order valence-electron chi connectivity index (χ4n) is 2.20. The summed E-state index contributed by atoms with van der Waals surface area (Å²) in [6, 6.07) is 4.61. The first-order chi connectivity index (χ1) is 11.5. The number of nitrogens with two attached hydrogens (primary N) is 2. The minimum atomic E-state index is -0.892. The molecule has 0 aromatic heterocycles. The van der Waals surface area contributed by atoms with Gasteiger partial charge in [0.25, 0.3) is 0 Å². The van der Waals surface area contributed by atoms with Crippen LogP contribution >= 0.6 is 0 Å². The zero-order valence-corrected chi connectivity index (χ0v) is 14.4. The molecule has 5 nitrogen and oxygen atoms in total. The van der Waals surface area contributed by atoms with Gasteiger partial charge in [0.2, 0.25) is 0 Å². The van der Waals surface area contributed by atoms with E-state index >= 15 is 0 Å². The average molecular weight is 350 g/mol. The lowest BCUT2D eigenvalue weighted by atomic mass is 10.0. The second-order valence-corrected chi connectivity index (χ2v) is 6.56. The van der Waals surface area contributed by atoms with Crippen molar-refractivity contribution in [2.45, 2.75) is 33.3 Å². The Labute approximate surface area is 144 Å². The minimum Gasteiger partial charge on any atom is -0.456 e. The largest absolute Gasteiger partial charge is 0.456 e. The Balaban J connectivity index is 2.45. The van der Waals surface area contributed by atoms with E-state index in [9.17, 15) is 13.6 Å². The normalized spacial score (nSPS) is 11.3. The van der Waals surface area contributed by atoms with Crippen LogP contribution in [0.2, 0.25) is 0 Å². The van der Waals surface area contributed by atoms with Crippen LogP contribution in [0.4, 0.5) is 20.2 Å². The van der Waals surface area contributed by atoms with Gasteiger partial charge in [-0.1, -0.05) is 0 Å². The van der Waals surface area contributed by atoms with E-state index in [2.05, 4.69) is 0 Å². The molecule has 0 bridgehead atoms. The van der Waals surface area contributed by atoms with Gasteiger partial charge in [-0.25, -0.2) is 13.6 Å². The third kappa shape index (κ3) is 4.17. The molecular weight excluding hydrogens is 330 g/mol. The number of hydrogen-bond acceptors (Lipinski definition) is 5. The topological polar surface area (TPSA) is 87.6 Å². The van der Waals surface area contributed by atoms with E-state index in [0.29, 0.717) is 5.56 Å². The Kier molecular flexibility index (Phi) is 4.87. The minimum absolute atomic E-state index is 0.109. The van der Waals surface area contributed by atoms with Gasteiger partial charge < -0.3 is 20.9 Å². The first kappa shape index (κ1) is 18.5. The summed E-state index contributed by atoms with van der Waals surface area (Å²) in [7, 11) is 0. The number of benzene rings is 2. The maximum Gasteiger partial charge on any atom is 0.341 e. The fourth-order valence-corrected chi connectivity index (χ4v) is 2.20. The molecule has 0 atom stereocenters. The van der Waals surface area contributed by atoms with E-state index in [4.69, 9.17) is 20.9 Å². The van der Waals surface area contributed by atoms with E-state index in [1.807, 2.05) is 0 Å². The number of carbonyl (C=O) groups is 1. The van der Waals surface area contributed by atoms with Crippen LogP contribution in [0, 0.1) is 18.6 Å². The third-order valence-electron chi connectivity index (χ3n) is 3.30. The first-order valence-electron chi connectivity index (χ1n) is 7.54. The van der Waals surface area contributed by atoms with Crippen LogP contribution < -0.4 is 16.2 Å². The van der Waals surface area contributed by atoms with Crippen molar-refractivity contribution in [2.24, 2.45) is 0 Å². The molecule has 0 saturated carbocycles. The standard InChI is InChI=1S/C18H20F2N2O3/c1-9-13(24-14-8-10(19)7-12(22)16(14)20)6-5-11(21)15(9)17(23)25-18(2,3)4/h5-8H,21-22H2,1-4H3. The first-order valence-corrected chi connectivity index (χ1v) is 7.54. The SMILES string of the molecule is Cc1c(Oc2cc(F)cc(N)c2F)ccc(N)c1C(=O)OC(C)(C)C. The summed E-state index contributed by atoms with van der Waals surface area (Å²) in [5, 5.41) is 0. The average Bonchev–Trinajstić information content (AvgIpc) is 2.45. The van der Waals surface area contributed by atoms with Crippen LogP contribution in [0.25, 0.3) is 0 Å². The van der Waals surface area contributed by atoms with Gasteiger partial charge in [0, 0.05) is 23.4 Å². The van der Waals surface area contributed by atoms with Crippen LogP contribution in [0.5, 0.6) is 11.5 Å². The predicted octanol–water partition coefficient (Wildman–Crippen LogP) is 4.19. The van der Waals surface area contributed by atoms with Gasteiger partial charge >= 0.3 is 5.97 Å². The summed E-state index contributed by atoms with van der Waals surface area (Å²) in [5.74, 6) is -2.52. The van der Waals surface area contributed by atoms with Crippen molar-refractivity contribution >= 4 is 17.3 Å². The van der Waals surface area contributed by atoms with Gasteiger partial charge in [-0.3, -0.25) is 0 Å². The van der Waals surface area contributed by atoms with Crippen molar-refractivity contribution in [2.75, 3.05) is 11.5 Å². The maximum absolute atomic E-state index is 14.0. The molecule has 0 aliphatic carbocycles. The van der Waals surface area contributed by atoms with Crippen molar-refractivity contribution in [3.05, 3.63) is 47.0 Å². The highest BCUT2D eigenvalue weighted by atomic mass is 19.1. The molecule has 7 heteroatoms. The molecule has 25 heavy (non-hydrogen) atoms. The van der Waals surface area contributed by atoms with Crippen molar-refractivity contribution < 1.29 is 23.0 Å². The third-order valence-corrected chi connectivity index (χ3v) is 3.30. The molecule has 0 heterocycles. The lowest BCUT2D eigenvalue weighted by Gasteiger charge is -2.21. The Bertz CT molecular complexity index is 830. The molecule has 0 aliphatic heterocycles. The molecule has 134 valence electrons. The van der Waals surface area contributed by atoms with E-state index in [1.54, 1.807) is 27.7 Å². The summed E-state index contributed by atoms with van der Waals surface area (Å²) < 4.78 is 38.2. The van der Waals surface area contributed by atoms with Crippen LogP contribution in [0.1, 0.15) is 36.7 Å². The molecule has 0 saturated heterocycles. The van der Waals surface area contributed by atoms with Gasteiger partial charge in [0.15, 0.2) is 11.6 Å². The second-order valence-electron chi connectivity index (χ2n) is 6.56. The zero-order chi connectivity index (χ0) is 18.9. The van der Waals surface area contributed by atoms with Crippen LogP contribution in [-0.4, -0.2) is 11.6 Å². The Morgan fingerprint density at radius 1 is 1.04 bits per heavy atom. The summed E-state index contributed by atoms with van der Waals surface area (Å²) in [5.41, 5.74) is 10.8. The van der Waals surface area contributed by atoms with Gasteiger partial charge in [0.05, 0.1) is 11.3 Å². The lowest BCUT2D eigenvalue weighted by Crippen LogP contribution is -2.25. The summed E-state index contributed by atoms with van der Waals surface area (Å²) in [6.45, 7) is 6.75. The highest BCUT2D eigenvalue weighted by molar-refractivity contribution is 5.97. The number of esters is 1. The highest BCUT2D eigenvalue weighted by Crippen LogP contribution is 2.34. The summed E-state index contributed by atoms with van der Waals surface area (Å²) >= 11 is 0. The van der Waals surface area contributed by atoms with Gasteiger partial charge in [-0.15, -0.1) is 0 Å². The van der Waals surface area contributed by atoms with Crippen LogP contribution in [0.3, 0.4) is 0 Å². The number of ether oxygens (including phenoxy) is 2. The Hall–Kier alpha value is -2.83. The van der Waals surface area contributed by atoms with Gasteiger partial charge in [0.1, 0.15) is 17.2 Å². The number of halogens is 2. The van der Waals surface area contributed by atoms with E-state index < -0.39 is 23.2 Å². The van der Waals surface area contributed by atoms with Crippen molar-refractivity contribution in [1.82, 2.24) is 0 Å². The van der Waals surface area contributed by atoms with E-state index in [0.717, 1.165) is 12.1 Å². The molecule has 0 amide bonds. The quantitative estimate of drug-likeness (QED) is 0.640. The van der Waals surface area contributed by atoms with Crippen molar-refractivity contribution in [3.8, 4) is 11.5 Å². The Morgan fingerprint density at radius 2 is 1.68 bits per heavy atom. The van der Waals surface area contributed by atoms with Crippen LogP contribution in [-0.2, 0) is 4.74 Å². The zero-order valence-electron chi connectivity index (χ0n) is 14.4. The monoisotopic (exact) mass is 350 g/mol. The smallest absolute Gasteiger partial charge is 0.341 e. The molecule has 4 N–H and O–H groups in total. The molecule has 2 rings (SSSR count). The molecular formula is C18H20F2N2O3. The van der Waals surface area contributed by atoms with Crippen molar-refractivity contribution in [3.63, 3.8) is 0 Å². The molecule has 0 radical (unpaired) electrons. The molecule has 2 aromatic rings. The molecule has 2 aromatic carbocycles. The number of carbonyl (C=O) groups excluding carboxylic acids is 1. The lowest BCUT2D eigenvalue weighted by molar-refractivity contribution is 0.00697. The van der Waals surface area contributed by atoms with E-state index in [1.165, 1.54) is 12.1 Å². The van der Waals surface area contributed by atoms with Crippen molar-refractivity contribution in [1.29, 1.82) is 0 Å². The predicted molar refractivity (Wildman–Crippen MR) is 91.6 cm³/mol.